The predicted molar refractivity (Wildman–Crippen MR) is 80.4 cm³/mol. The van der Waals surface area contributed by atoms with Gasteiger partial charge in [0.15, 0.2) is 0 Å². The van der Waals surface area contributed by atoms with Crippen molar-refractivity contribution in [3.63, 3.8) is 0 Å². The topological polar surface area (TPSA) is 127 Å². The molecule has 9 nitrogen and oxygen atoms in total. The third-order valence-electron chi connectivity index (χ3n) is 3.06. The average Bonchev–Trinajstić information content (AvgIpc) is 3.00. The zero-order valence-electron chi connectivity index (χ0n) is 12.6. The van der Waals surface area contributed by atoms with Crippen molar-refractivity contribution in [2.45, 2.75) is 31.2 Å². The fourth-order valence-electron chi connectivity index (χ4n) is 1.98. The largest absolute Gasteiger partial charge is 0.480 e. The fraction of sp³-hybridized carbons (Fsp3) is 0.385. The molecule has 1 aromatic carbocycles. The van der Waals surface area contributed by atoms with E-state index in [0.29, 0.717) is 5.69 Å². The normalized spacial score (nSPS) is 13.2. The lowest BCUT2D eigenvalue weighted by Crippen LogP contribution is -2.41. The third kappa shape index (κ3) is 4.33. The number of hydrogen-bond donors (Lipinski definition) is 2. The molecule has 1 aromatic heterocycles. The van der Waals surface area contributed by atoms with Crippen LogP contribution in [0.2, 0.25) is 0 Å². The van der Waals surface area contributed by atoms with Gasteiger partial charge in [0.25, 0.3) is 0 Å². The van der Waals surface area contributed by atoms with E-state index in [2.05, 4.69) is 20.2 Å². The zero-order valence-corrected chi connectivity index (χ0v) is 13.4. The minimum Gasteiger partial charge on any atom is -0.480 e. The Balaban J connectivity index is 2.20. The van der Waals surface area contributed by atoms with Gasteiger partial charge in [0.05, 0.1) is 10.6 Å². The molecule has 2 rings (SSSR count). The van der Waals surface area contributed by atoms with Crippen molar-refractivity contribution in [3.05, 3.63) is 30.6 Å². The van der Waals surface area contributed by atoms with Gasteiger partial charge in [0.1, 0.15) is 12.4 Å². The second-order valence-electron chi connectivity index (χ2n) is 5.39. The maximum Gasteiger partial charge on any atom is 0.321 e. The van der Waals surface area contributed by atoms with Crippen LogP contribution in [0.25, 0.3) is 5.69 Å². The molecule has 0 aliphatic carbocycles. The molecule has 10 heteroatoms. The summed E-state index contributed by atoms with van der Waals surface area (Å²) >= 11 is 0. The van der Waals surface area contributed by atoms with Crippen LogP contribution in [0.1, 0.15) is 20.3 Å². The van der Waals surface area contributed by atoms with Gasteiger partial charge in [-0.2, -0.15) is 4.72 Å². The van der Waals surface area contributed by atoms with E-state index >= 15 is 0 Å². The Morgan fingerprint density at radius 1 is 1.30 bits per heavy atom. The van der Waals surface area contributed by atoms with E-state index in [4.69, 9.17) is 5.11 Å². The summed E-state index contributed by atoms with van der Waals surface area (Å²) in [5, 5.41) is 19.8. The monoisotopic (exact) mass is 339 g/mol. The molecule has 0 amide bonds. The Morgan fingerprint density at radius 3 is 2.43 bits per heavy atom. The van der Waals surface area contributed by atoms with Crippen LogP contribution in [0, 0.1) is 5.92 Å². The first-order valence-electron chi connectivity index (χ1n) is 6.88. The zero-order chi connectivity index (χ0) is 17.0. The van der Waals surface area contributed by atoms with Crippen LogP contribution in [-0.2, 0) is 14.8 Å². The van der Waals surface area contributed by atoms with Gasteiger partial charge in [-0.15, -0.1) is 5.10 Å². The molecule has 0 saturated carbocycles. The molecule has 0 aliphatic rings. The van der Waals surface area contributed by atoms with Gasteiger partial charge in [-0.05, 0) is 47.0 Å². The van der Waals surface area contributed by atoms with Gasteiger partial charge < -0.3 is 5.11 Å². The SMILES string of the molecule is CC(C)CC(NS(=O)(=O)c1ccc(-n2cnnn2)cc1)C(=O)O. The fourth-order valence-corrected chi connectivity index (χ4v) is 3.19. The standard InChI is InChI=1S/C13H17N5O4S/c1-9(2)7-12(13(19)20)15-23(21,22)11-5-3-10(4-6-11)18-8-14-16-17-18/h3-6,8-9,12,15H,7H2,1-2H3,(H,19,20). The number of benzene rings is 1. The van der Waals surface area contributed by atoms with Gasteiger partial charge in [-0.3, -0.25) is 4.79 Å². The minimum atomic E-state index is -3.93. The summed E-state index contributed by atoms with van der Waals surface area (Å²) < 4.78 is 28.2. The Labute approximate surface area is 133 Å². The number of aliphatic carboxylic acids is 1. The van der Waals surface area contributed by atoms with E-state index in [1.54, 1.807) is 0 Å². The summed E-state index contributed by atoms with van der Waals surface area (Å²) in [6.45, 7) is 3.65. The highest BCUT2D eigenvalue weighted by atomic mass is 32.2. The van der Waals surface area contributed by atoms with Crippen molar-refractivity contribution < 1.29 is 18.3 Å². The third-order valence-corrected chi connectivity index (χ3v) is 4.55. The minimum absolute atomic E-state index is 0.0238. The number of nitrogens with zero attached hydrogens (tertiary/aromatic N) is 4. The summed E-state index contributed by atoms with van der Waals surface area (Å²) in [6, 6.07) is 4.63. The second kappa shape index (κ2) is 6.84. The van der Waals surface area contributed by atoms with E-state index < -0.39 is 22.0 Å². The van der Waals surface area contributed by atoms with Crippen LogP contribution in [0.3, 0.4) is 0 Å². The van der Waals surface area contributed by atoms with Crippen LogP contribution >= 0.6 is 0 Å². The first-order valence-corrected chi connectivity index (χ1v) is 8.36. The smallest absolute Gasteiger partial charge is 0.321 e. The lowest BCUT2D eigenvalue weighted by Gasteiger charge is -2.16. The van der Waals surface area contributed by atoms with Crippen LogP contribution < -0.4 is 4.72 Å². The molecular formula is C13H17N5O4S. The van der Waals surface area contributed by atoms with E-state index in [1.165, 1.54) is 35.3 Å². The number of aromatic nitrogens is 4. The molecule has 23 heavy (non-hydrogen) atoms. The lowest BCUT2D eigenvalue weighted by atomic mass is 10.1. The van der Waals surface area contributed by atoms with E-state index in [0.717, 1.165) is 0 Å². The number of nitrogens with one attached hydrogen (secondary N) is 1. The molecule has 2 N–H and O–H groups in total. The molecule has 2 aromatic rings. The highest BCUT2D eigenvalue weighted by molar-refractivity contribution is 7.89. The maximum absolute atomic E-state index is 12.3. The molecule has 0 saturated heterocycles. The number of carboxylic acids is 1. The number of sulfonamides is 1. The van der Waals surface area contributed by atoms with Gasteiger partial charge in [0.2, 0.25) is 10.0 Å². The number of tetrazole rings is 1. The predicted octanol–water partition coefficient (Wildman–Crippen LogP) is 0.440. The summed E-state index contributed by atoms with van der Waals surface area (Å²) in [5.74, 6) is -1.16. The van der Waals surface area contributed by atoms with Crippen molar-refractivity contribution in [2.24, 2.45) is 5.92 Å². The quantitative estimate of drug-likeness (QED) is 0.749. The van der Waals surface area contributed by atoms with E-state index in [9.17, 15) is 13.2 Å². The molecule has 0 spiro atoms. The van der Waals surface area contributed by atoms with Crippen molar-refractivity contribution >= 4 is 16.0 Å². The van der Waals surface area contributed by atoms with Gasteiger partial charge >= 0.3 is 5.97 Å². The van der Waals surface area contributed by atoms with Crippen LogP contribution in [0.5, 0.6) is 0 Å². The Morgan fingerprint density at radius 2 is 1.96 bits per heavy atom. The van der Waals surface area contributed by atoms with Crippen LogP contribution in [-0.4, -0.2) is 45.7 Å². The molecule has 124 valence electrons. The van der Waals surface area contributed by atoms with Gasteiger partial charge in [-0.25, -0.2) is 13.1 Å². The van der Waals surface area contributed by atoms with Gasteiger partial charge in [-0.1, -0.05) is 13.8 Å². The lowest BCUT2D eigenvalue weighted by molar-refractivity contribution is -0.139. The number of carbonyl (C=O) groups is 1. The summed E-state index contributed by atoms with van der Waals surface area (Å²) in [5.41, 5.74) is 0.589. The van der Waals surface area contributed by atoms with Crippen molar-refractivity contribution in [3.8, 4) is 5.69 Å². The number of carboxylic acid groups (broad SMARTS) is 1. The molecule has 0 radical (unpaired) electrons. The molecule has 1 unspecified atom stereocenters. The molecular weight excluding hydrogens is 322 g/mol. The number of hydrogen-bond acceptors (Lipinski definition) is 6. The first kappa shape index (κ1) is 17.0. The van der Waals surface area contributed by atoms with Crippen molar-refractivity contribution in [1.29, 1.82) is 0 Å². The summed E-state index contributed by atoms with van der Waals surface area (Å²) in [6.07, 6.45) is 1.59. The number of rotatable bonds is 7. The van der Waals surface area contributed by atoms with E-state index in [-0.39, 0.29) is 17.2 Å². The molecule has 0 aliphatic heterocycles. The Hall–Kier alpha value is -2.33. The van der Waals surface area contributed by atoms with Crippen molar-refractivity contribution in [1.82, 2.24) is 24.9 Å². The molecule has 1 heterocycles. The highest BCUT2D eigenvalue weighted by Gasteiger charge is 2.26. The molecule has 0 bridgehead atoms. The van der Waals surface area contributed by atoms with Crippen molar-refractivity contribution in [2.75, 3.05) is 0 Å². The first-order chi connectivity index (χ1) is 10.8. The van der Waals surface area contributed by atoms with Crippen LogP contribution in [0.15, 0.2) is 35.5 Å². The average molecular weight is 339 g/mol. The van der Waals surface area contributed by atoms with E-state index in [1.807, 2.05) is 13.8 Å². The Bertz CT molecular complexity index is 756. The maximum atomic E-state index is 12.3. The Kier molecular flexibility index (Phi) is 5.06. The molecule has 0 fully saturated rings. The van der Waals surface area contributed by atoms with Crippen LogP contribution in [0.4, 0.5) is 0 Å². The second-order valence-corrected chi connectivity index (χ2v) is 7.10. The summed E-state index contributed by atoms with van der Waals surface area (Å²) in [7, 11) is -3.93. The highest BCUT2D eigenvalue weighted by Crippen LogP contribution is 2.15. The molecule has 1 atom stereocenters. The summed E-state index contributed by atoms with van der Waals surface area (Å²) in [4.78, 5) is 11.2. The van der Waals surface area contributed by atoms with Gasteiger partial charge in [0, 0.05) is 0 Å².